The lowest BCUT2D eigenvalue weighted by Gasteiger charge is -2.11. The van der Waals surface area contributed by atoms with Crippen LogP contribution in [-0.4, -0.2) is 33.4 Å². The van der Waals surface area contributed by atoms with Crippen LogP contribution in [0.1, 0.15) is 69.4 Å². The highest BCUT2D eigenvalue weighted by atomic mass is 79.9. The molecule has 0 saturated carbocycles. The van der Waals surface area contributed by atoms with E-state index in [-0.39, 0.29) is 23.2 Å². The Kier molecular flexibility index (Phi) is 12.5. The van der Waals surface area contributed by atoms with Crippen LogP contribution in [0.5, 0.6) is 11.8 Å². The van der Waals surface area contributed by atoms with Crippen molar-refractivity contribution in [2.45, 2.75) is 65.2 Å². The van der Waals surface area contributed by atoms with E-state index in [1.807, 2.05) is 6.92 Å². The quantitative estimate of drug-likeness (QED) is 0.0636. The van der Waals surface area contributed by atoms with Crippen LogP contribution in [0.25, 0.3) is 0 Å². The van der Waals surface area contributed by atoms with Gasteiger partial charge in [-0.2, -0.15) is 4.99 Å². The van der Waals surface area contributed by atoms with Crippen LogP contribution in [0.15, 0.2) is 64.3 Å². The minimum absolute atomic E-state index is 0.0863. The smallest absolute Gasteiger partial charge is 0.348 e. The molecule has 1 N–H and O–H groups in total. The molecule has 2 aromatic carbocycles. The number of nitro benzene ring substituents is 1. The van der Waals surface area contributed by atoms with Gasteiger partial charge in [-0.25, -0.2) is 14.8 Å². The maximum atomic E-state index is 12.9. The van der Waals surface area contributed by atoms with Gasteiger partial charge in [-0.15, -0.1) is 0 Å². The first-order chi connectivity index (χ1) is 19.4. The second-order valence-electron chi connectivity index (χ2n) is 9.21. The molecule has 0 spiro atoms. The molecule has 1 heterocycles. The third kappa shape index (κ3) is 10.0. The summed E-state index contributed by atoms with van der Waals surface area (Å²) in [6.45, 7) is 4.32. The van der Waals surface area contributed by atoms with Crippen molar-refractivity contribution >= 4 is 39.2 Å². The number of nitro groups is 1. The number of nitrogens with one attached hydrogen (secondary N) is 1. The third-order valence-corrected chi connectivity index (χ3v) is 6.40. The number of nitrogens with zero attached hydrogens (tertiary/aromatic N) is 4. The van der Waals surface area contributed by atoms with E-state index < -0.39 is 11.0 Å². The summed E-state index contributed by atoms with van der Waals surface area (Å²) in [5.74, 6) is 0.440. The molecule has 10 nitrogen and oxygen atoms in total. The van der Waals surface area contributed by atoms with Gasteiger partial charge in [0.2, 0.25) is 5.90 Å². The number of hydrogen-bond donors (Lipinski definition) is 1. The lowest BCUT2D eigenvalue weighted by atomic mass is 10.1. The van der Waals surface area contributed by atoms with E-state index in [1.54, 1.807) is 42.7 Å². The minimum atomic E-state index is -0.714. The molecule has 212 valence electrons. The molecule has 11 heteroatoms. The Hall–Kier alpha value is -3.86. The van der Waals surface area contributed by atoms with Crippen LogP contribution in [0.3, 0.4) is 0 Å². The van der Waals surface area contributed by atoms with Crippen LogP contribution in [-0.2, 0) is 4.74 Å². The molecule has 3 aromatic rings. The monoisotopic (exact) mass is 611 g/mol. The van der Waals surface area contributed by atoms with E-state index in [2.05, 4.69) is 43.1 Å². The van der Waals surface area contributed by atoms with Gasteiger partial charge in [0.1, 0.15) is 11.3 Å². The van der Waals surface area contributed by atoms with Gasteiger partial charge >= 0.3 is 12.0 Å². The number of hydrogen-bond acceptors (Lipinski definition) is 7. The molecule has 0 radical (unpaired) electrons. The molecule has 0 unspecified atom stereocenters. The van der Waals surface area contributed by atoms with E-state index in [1.165, 1.54) is 44.2 Å². The number of anilines is 1. The zero-order valence-corrected chi connectivity index (χ0v) is 24.4. The molecule has 0 fully saturated rings. The van der Waals surface area contributed by atoms with E-state index in [0.29, 0.717) is 18.0 Å². The number of urea groups is 1. The molecule has 0 atom stereocenters. The minimum Gasteiger partial charge on any atom is -0.477 e. The summed E-state index contributed by atoms with van der Waals surface area (Å²) >= 11 is 3.28. The van der Waals surface area contributed by atoms with Crippen LogP contribution in [0, 0.1) is 17.0 Å². The maximum absolute atomic E-state index is 12.9. The van der Waals surface area contributed by atoms with E-state index >= 15 is 0 Å². The van der Waals surface area contributed by atoms with Crippen LogP contribution < -0.4 is 10.1 Å². The lowest BCUT2D eigenvalue weighted by molar-refractivity contribution is -0.385. The number of para-hydroxylation sites is 1. The van der Waals surface area contributed by atoms with Gasteiger partial charge < -0.3 is 14.8 Å². The predicted molar refractivity (Wildman–Crippen MR) is 158 cm³/mol. The SMILES string of the molecule is CCCCCCCCCCO/C(=N/C(=O)Nc1ccc(Oc2ncc(Br)cn2)c(C)c1)c1ccccc1[N+](=O)[O-]. The Morgan fingerprint density at radius 1 is 1.02 bits per heavy atom. The van der Waals surface area contributed by atoms with Gasteiger partial charge in [0, 0.05) is 24.1 Å². The molecule has 1 aromatic heterocycles. The van der Waals surface area contributed by atoms with Gasteiger partial charge in [0.25, 0.3) is 5.69 Å². The average molecular weight is 613 g/mol. The van der Waals surface area contributed by atoms with Crippen molar-refractivity contribution in [2.75, 3.05) is 11.9 Å². The molecular weight excluding hydrogens is 578 g/mol. The zero-order chi connectivity index (χ0) is 28.7. The predicted octanol–water partition coefficient (Wildman–Crippen LogP) is 8.38. The molecule has 0 bridgehead atoms. The molecule has 0 aliphatic carbocycles. The summed E-state index contributed by atoms with van der Waals surface area (Å²) in [4.78, 5) is 36.2. The van der Waals surface area contributed by atoms with Crippen LogP contribution in [0.4, 0.5) is 16.2 Å². The van der Waals surface area contributed by atoms with Crippen molar-refractivity contribution in [3.8, 4) is 11.8 Å². The third-order valence-electron chi connectivity index (χ3n) is 6.00. The Labute approximate surface area is 242 Å². The van der Waals surface area contributed by atoms with Crippen LogP contribution in [0.2, 0.25) is 0 Å². The highest BCUT2D eigenvalue weighted by Gasteiger charge is 2.20. The number of carbonyl (C=O) groups excluding carboxylic acids is 1. The van der Waals surface area contributed by atoms with Gasteiger partial charge in [0.15, 0.2) is 0 Å². The first-order valence-electron chi connectivity index (χ1n) is 13.4. The van der Waals surface area contributed by atoms with Gasteiger partial charge in [-0.1, -0.05) is 64.0 Å². The summed E-state index contributed by atoms with van der Waals surface area (Å²) in [7, 11) is 0. The summed E-state index contributed by atoms with van der Waals surface area (Å²) in [5, 5.41) is 14.3. The molecule has 0 aliphatic heterocycles. The van der Waals surface area contributed by atoms with Crippen molar-refractivity contribution in [2.24, 2.45) is 4.99 Å². The van der Waals surface area contributed by atoms with Gasteiger partial charge in [0.05, 0.1) is 16.0 Å². The van der Waals surface area contributed by atoms with Crippen molar-refractivity contribution < 1.29 is 19.2 Å². The summed E-state index contributed by atoms with van der Waals surface area (Å²) < 4.78 is 12.3. The van der Waals surface area contributed by atoms with Gasteiger partial charge in [-0.3, -0.25) is 10.1 Å². The van der Waals surface area contributed by atoms with E-state index in [9.17, 15) is 14.9 Å². The topological polar surface area (TPSA) is 129 Å². The second-order valence-corrected chi connectivity index (χ2v) is 10.1. The zero-order valence-electron chi connectivity index (χ0n) is 22.8. The molecule has 2 amide bonds. The fourth-order valence-electron chi connectivity index (χ4n) is 3.93. The number of benzene rings is 2. The van der Waals surface area contributed by atoms with Crippen molar-refractivity contribution in [3.63, 3.8) is 0 Å². The number of amides is 2. The fraction of sp³-hybridized carbons (Fsp3) is 0.379. The molecule has 40 heavy (non-hydrogen) atoms. The van der Waals surface area contributed by atoms with Crippen molar-refractivity contribution in [1.82, 2.24) is 9.97 Å². The first-order valence-corrected chi connectivity index (χ1v) is 14.2. The standard InChI is InChI=1S/C29H34BrN5O5/c1-3-4-5-6-7-8-9-12-17-39-27(24-13-10-11-14-25(24)35(37)38)34-28(36)33-23-15-16-26(21(2)18-23)40-29-31-19-22(30)20-32-29/h10-11,13-16,18-20H,3-9,12,17H2,1-2H3,(H,33,36)/b34-27+. The summed E-state index contributed by atoms with van der Waals surface area (Å²) in [6.07, 6.45) is 12.1. The normalized spacial score (nSPS) is 11.2. The number of aryl methyl sites for hydroxylation is 1. The highest BCUT2D eigenvalue weighted by molar-refractivity contribution is 9.10. The van der Waals surface area contributed by atoms with Crippen molar-refractivity contribution in [3.05, 3.63) is 80.6 Å². The molecule has 0 saturated heterocycles. The fourth-order valence-corrected chi connectivity index (χ4v) is 4.13. The number of ether oxygens (including phenoxy) is 2. The van der Waals surface area contributed by atoms with E-state index in [4.69, 9.17) is 9.47 Å². The first kappa shape index (κ1) is 30.7. The number of unbranched alkanes of at least 4 members (excludes halogenated alkanes) is 7. The highest BCUT2D eigenvalue weighted by Crippen LogP contribution is 2.26. The second kappa shape index (κ2) is 16.3. The van der Waals surface area contributed by atoms with E-state index in [0.717, 1.165) is 29.3 Å². The maximum Gasteiger partial charge on any atom is 0.348 e. The Morgan fingerprint density at radius 2 is 1.70 bits per heavy atom. The van der Waals surface area contributed by atoms with Crippen LogP contribution >= 0.6 is 15.9 Å². The Bertz CT molecular complexity index is 1300. The van der Waals surface area contributed by atoms with Crippen molar-refractivity contribution in [1.29, 1.82) is 0 Å². The molecule has 0 aliphatic rings. The largest absolute Gasteiger partial charge is 0.477 e. The van der Waals surface area contributed by atoms with Gasteiger partial charge in [-0.05, 0) is 59.1 Å². The Morgan fingerprint density at radius 3 is 2.38 bits per heavy atom. The number of carbonyl (C=O) groups is 1. The number of halogens is 1. The molecular formula is C29H34BrN5O5. The lowest BCUT2D eigenvalue weighted by Crippen LogP contribution is -2.16. The number of aliphatic imine (C=N–C) groups is 1. The molecule has 3 rings (SSSR count). The number of rotatable bonds is 14. The number of aromatic nitrogens is 2. The average Bonchev–Trinajstić information content (AvgIpc) is 2.94. The summed E-state index contributed by atoms with van der Waals surface area (Å²) in [6, 6.07) is 10.6. The Balaban J connectivity index is 1.66. The summed E-state index contributed by atoms with van der Waals surface area (Å²) in [5.41, 5.74) is 1.17.